The Morgan fingerprint density at radius 3 is 2.84 bits per heavy atom. The van der Waals surface area contributed by atoms with Crippen LogP contribution in [0.25, 0.3) is 0 Å². The third kappa shape index (κ3) is 2.62. The molecule has 0 aliphatic heterocycles. The van der Waals surface area contributed by atoms with Crippen LogP contribution in [0.15, 0.2) is 22.7 Å². The Balaban J connectivity index is 1.74. The van der Waals surface area contributed by atoms with E-state index in [4.69, 9.17) is 0 Å². The van der Waals surface area contributed by atoms with Gasteiger partial charge in [0.05, 0.1) is 0 Å². The molecule has 2 aliphatic rings. The fraction of sp³-hybridized carbons (Fsp3) is 0.647. The van der Waals surface area contributed by atoms with Crippen molar-refractivity contribution in [1.29, 1.82) is 0 Å². The van der Waals surface area contributed by atoms with Gasteiger partial charge in [0.25, 0.3) is 0 Å². The van der Waals surface area contributed by atoms with Crippen LogP contribution in [0.5, 0.6) is 0 Å². The quantitative estimate of drug-likeness (QED) is 0.821. The smallest absolute Gasteiger partial charge is 0.0329 e. The predicted molar refractivity (Wildman–Crippen MR) is 84.3 cm³/mol. The molecule has 1 aromatic carbocycles. The second kappa shape index (κ2) is 5.57. The van der Waals surface area contributed by atoms with E-state index in [2.05, 4.69) is 53.3 Å². The van der Waals surface area contributed by atoms with Crippen molar-refractivity contribution in [3.8, 4) is 0 Å². The van der Waals surface area contributed by atoms with E-state index in [1.54, 1.807) is 0 Å². The number of hydrogen-bond acceptors (Lipinski definition) is 1. The summed E-state index contributed by atoms with van der Waals surface area (Å²) in [5.74, 6) is 1.68. The lowest BCUT2D eigenvalue weighted by molar-refractivity contribution is 0.193. The summed E-state index contributed by atoms with van der Waals surface area (Å²) in [6.07, 6.45) is 6.62. The highest BCUT2D eigenvalue weighted by molar-refractivity contribution is 9.10. The van der Waals surface area contributed by atoms with Crippen LogP contribution >= 0.6 is 15.9 Å². The van der Waals surface area contributed by atoms with E-state index in [1.807, 2.05) is 0 Å². The molecule has 1 fully saturated rings. The highest BCUT2D eigenvalue weighted by Gasteiger charge is 2.31. The highest BCUT2D eigenvalue weighted by atomic mass is 79.9. The molecule has 0 heterocycles. The molecule has 0 amide bonds. The van der Waals surface area contributed by atoms with Crippen molar-refractivity contribution in [2.45, 2.75) is 58.0 Å². The van der Waals surface area contributed by atoms with Gasteiger partial charge < -0.3 is 5.32 Å². The monoisotopic (exact) mass is 321 g/mol. The molecule has 0 saturated heterocycles. The zero-order chi connectivity index (χ0) is 13.4. The maximum Gasteiger partial charge on any atom is 0.0329 e. The maximum absolute atomic E-state index is 3.96. The van der Waals surface area contributed by atoms with Crippen molar-refractivity contribution in [3.05, 3.63) is 33.8 Å². The van der Waals surface area contributed by atoms with Gasteiger partial charge in [-0.15, -0.1) is 0 Å². The third-order valence-electron chi connectivity index (χ3n) is 5.34. The molecule has 104 valence electrons. The average molecular weight is 322 g/mol. The second-order valence-corrected chi connectivity index (χ2v) is 7.29. The van der Waals surface area contributed by atoms with Crippen molar-refractivity contribution in [2.75, 3.05) is 0 Å². The minimum Gasteiger partial charge on any atom is -0.307 e. The van der Waals surface area contributed by atoms with Gasteiger partial charge in [0, 0.05) is 16.6 Å². The number of benzene rings is 1. The second-order valence-electron chi connectivity index (χ2n) is 6.44. The number of rotatable bonds is 2. The van der Waals surface area contributed by atoms with Crippen LogP contribution in [-0.2, 0) is 6.42 Å². The molecule has 0 spiro atoms. The molecule has 0 bridgehead atoms. The predicted octanol–water partition coefficient (Wildman–Crippen LogP) is 4.85. The molecule has 1 aromatic rings. The SMILES string of the molecule is CC1CCCC(NC2CCc3c(Br)cccc32)C1C. The van der Waals surface area contributed by atoms with Crippen LogP contribution in [-0.4, -0.2) is 6.04 Å². The lowest BCUT2D eigenvalue weighted by atomic mass is 9.77. The molecule has 1 N–H and O–H groups in total. The third-order valence-corrected chi connectivity index (χ3v) is 6.08. The topological polar surface area (TPSA) is 12.0 Å². The summed E-state index contributed by atoms with van der Waals surface area (Å²) in [6, 6.07) is 7.94. The summed E-state index contributed by atoms with van der Waals surface area (Å²) in [7, 11) is 0. The van der Waals surface area contributed by atoms with Crippen LogP contribution in [0.4, 0.5) is 0 Å². The summed E-state index contributed by atoms with van der Waals surface area (Å²) < 4.78 is 1.29. The zero-order valence-corrected chi connectivity index (χ0v) is 13.5. The Hall–Kier alpha value is -0.340. The van der Waals surface area contributed by atoms with Gasteiger partial charge in [0.15, 0.2) is 0 Å². The Kier molecular flexibility index (Phi) is 4.00. The summed E-state index contributed by atoms with van der Waals surface area (Å²) >= 11 is 3.69. The minimum absolute atomic E-state index is 0.574. The normalized spacial score (nSPS) is 34.3. The fourth-order valence-electron chi connectivity index (χ4n) is 3.86. The molecule has 2 aliphatic carbocycles. The molecule has 4 unspecified atom stereocenters. The number of hydrogen-bond donors (Lipinski definition) is 1. The van der Waals surface area contributed by atoms with Gasteiger partial charge in [-0.25, -0.2) is 0 Å². The molecule has 1 saturated carbocycles. The maximum atomic E-state index is 3.96. The van der Waals surface area contributed by atoms with Gasteiger partial charge >= 0.3 is 0 Å². The lowest BCUT2D eigenvalue weighted by Crippen LogP contribution is -2.41. The first-order valence-electron chi connectivity index (χ1n) is 7.70. The van der Waals surface area contributed by atoms with E-state index in [-0.39, 0.29) is 0 Å². The van der Waals surface area contributed by atoms with Crippen molar-refractivity contribution in [1.82, 2.24) is 5.32 Å². The van der Waals surface area contributed by atoms with Crippen molar-refractivity contribution >= 4 is 15.9 Å². The van der Waals surface area contributed by atoms with Gasteiger partial charge in [0.2, 0.25) is 0 Å². The molecule has 0 aromatic heterocycles. The van der Waals surface area contributed by atoms with E-state index in [0.29, 0.717) is 12.1 Å². The first kappa shape index (κ1) is 13.6. The first-order valence-corrected chi connectivity index (χ1v) is 8.49. The summed E-state index contributed by atoms with van der Waals surface area (Å²) in [6.45, 7) is 4.84. The molecule has 1 nitrogen and oxygen atoms in total. The van der Waals surface area contributed by atoms with Crippen LogP contribution in [0.1, 0.15) is 56.7 Å². The van der Waals surface area contributed by atoms with Crippen LogP contribution < -0.4 is 5.32 Å². The molecular weight excluding hydrogens is 298 g/mol. The van der Waals surface area contributed by atoms with E-state index < -0.39 is 0 Å². The zero-order valence-electron chi connectivity index (χ0n) is 12.0. The van der Waals surface area contributed by atoms with E-state index in [1.165, 1.54) is 47.7 Å². The van der Waals surface area contributed by atoms with E-state index in [9.17, 15) is 0 Å². The molecule has 2 heteroatoms. The van der Waals surface area contributed by atoms with Crippen molar-refractivity contribution in [3.63, 3.8) is 0 Å². The van der Waals surface area contributed by atoms with Gasteiger partial charge in [-0.2, -0.15) is 0 Å². The number of nitrogens with one attached hydrogen (secondary N) is 1. The summed E-state index contributed by atoms with van der Waals surface area (Å²) in [5, 5.41) is 3.96. The van der Waals surface area contributed by atoms with Crippen LogP contribution in [0.3, 0.4) is 0 Å². The Bertz CT molecular complexity index is 457. The van der Waals surface area contributed by atoms with Gasteiger partial charge in [0.1, 0.15) is 0 Å². The van der Waals surface area contributed by atoms with Crippen molar-refractivity contribution < 1.29 is 0 Å². The Morgan fingerprint density at radius 1 is 1.16 bits per heavy atom. The van der Waals surface area contributed by atoms with Crippen molar-refractivity contribution in [2.24, 2.45) is 11.8 Å². The largest absolute Gasteiger partial charge is 0.307 e. The average Bonchev–Trinajstić information content (AvgIpc) is 2.80. The summed E-state index contributed by atoms with van der Waals surface area (Å²) in [4.78, 5) is 0. The van der Waals surface area contributed by atoms with E-state index >= 15 is 0 Å². The lowest BCUT2D eigenvalue weighted by Gasteiger charge is -2.36. The van der Waals surface area contributed by atoms with E-state index in [0.717, 1.165) is 11.8 Å². The molecular formula is C17H24BrN. The molecule has 0 radical (unpaired) electrons. The van der Waals surface area contributed by atoms with Crippen LogP contribution in [0, 0.1) is 11.8 Å². The molecule has 19 heavy (non-hydrogen) atoms. The first-order chi connectivity index (χ1) is 9.16. The molecule has 4 atom stereocenters. The fourth-order valence-corrected chi connectivity index (χ4v) is 4.44. The summed E-state index contributed by atoms with van der Waals surface area (Å²) in [5.41, 5.74) is 3.05. The van der Waals surface area contributed by atoms with Gasteiger partial charge in [-0.3, -0.25) is 0 Å². The number of fused-ring (bicyclic) bond motifs is 1. The van der Waals surface area contributed by atoms with Gasteiger partial charge in [-0.1, -0.05) is 54.8 Å². The Morgan fingerprint density at radius 2 is 2.00 bits per heavy atom. The Labute approximate surface area is 125 Å². The minimum atomic E-state index is 0.574. The van der Waals surface area contributed by atoms with Gasteiger partial charge in [-0.05, 0) is 48.3 Å². The van der Waals surface area contributed by atoms with Crippen LogP contribution in [0.2, 0.25) is 0 Å². The highest BCUT2D eigenvalue weighted by Crippen LogP contribution is 2.38. The molecule has 3 rings (SSSR count). The standard InChI is InChI=1S/C17H24BrN/c1-11-5-3-8-16(12(11)2)19-17-10-9-13-14(17)6-4-7-15(13)18/h4,6-7,11-12,16-17,19H,3,5,8-10H2,1-2H3. The number of halogens is 1.